The van der Waals surface area contributed by atoms with E-state index in [1.54, 1.807) is 4.90 Å². The molecule has 1 heterocycles. The van der Waals surface area contributed by atoms with Crippen LogP contribution in [0.4, 0.5) is 0 Å². The van der Waals surface area contributed by atoms with Crippen LogP contribution < -0.4 is 4.74 Å². The highest BCUT2D eigenvalue weighted by atomic mass is 16.5. The van der Waals surface area contributed by atoms with E-state index in [1.165, 1.54) is 18.4 Å². The summed E-state index contributed by atoms with van der Waals surface area (Å²) in [5.74, 6) is 0.816. The lowest BCUT2D eigenvalue weighted by Crippen LogP contribution is -2.37. The highest BCUT2D eigenvalue weighted by Crippen LogP contribution is 2.21. The van der Waals surface area contributed by atoms with Crippen molar-refractivity contribution in [3.8, 4) is 5.75 Å². The third kappa shape index (κ3) is 5.33. The minimum absolute atomic E-state index is 0.0266. The van der Waals surface area contributed by atoms with Crippen LogP contribution in [0.5, 0.6) is 5.75 Å². The first kappa shape index (κ1) is 18.5. The molecule has 0 aromatic heterocycles. The van der Waals surface area contributed by atoms with E-state index in [1.807, 2.05) is 43.4 Å². The van der Waals surface area contributed by atoms with Crippen molar-refractivity contribution in [1.29, 1.82) is 0 Å². The fourth-order valence-electron chi connectivity index (χ4n) is 3.28. The molecule has 0 saturated carbocycles. The highest BCUT2D eigenvalue weighted by Gasteiger charge is 2.15. The third-order valence-electron chi connectivity index (χ3n) is 4.94. The monoisotopic (exact) mass is 352 g/mol. The van der Waals surface area contributed by atoms with Crippen LogP contribution in [-0.4, -0.2) is 55.5 Å². The van der Waals surface area contributed by atoms with Gasteiger partial charge in [-0.2, -0.15) is 0 Å². The number of carbonyl (C=O) groups excluding carboxylic acids is 1. The van der Waals surface area contributed by atoms with Crippen LogP contribution in [0.15, 0.2) is 54.6 Å². The second-order valence-electron chi connectivity index (χ2n) is 6.92. The first-order valence-corrected chi connectivity index (χ1v) is 9.43. The van der Waals surface area contributed by atoms with Gasteiger partial charge in [-0.15, -0.1) is 0 Å². The molecule has 3 rings (SSSR count). The average Bonchev–Trinajstić information content (AvgIpc) is 3.19. The Morgan fingerprint density at radius 1 is 1.04 bits per heavy atom. The Morgan fingerprint density at radius 3 is 2.50 bits per heavy atom. The van der Waals surface area contributed by atoms with Crippen molar-refractivity contribution in [2.45, 2.75) is 19.3 Å². The molecule has 1 saturated heterocycles. The number of benzene rings is 2. The predicted octanol–water partition coefficient (Wildman–Crippen LogP) is 3.21. The van der Waals surface area contributed by atoms with E-state index in [9.17, 15) is 4.79 Å². The number of hydrogen-bond acceptors (Lipinski definition) is 3. The van der Waals surface area contributed by atoms with Gasteiger partial charge in [-0.25, -0.2) is 0 Å². The molecule has 0 aliphatic carbocycles. The first-order valence-electron chi connectivity index (χ1n) is 9.43. The van der Waals surface area contributed by atoms with Crippen molar-refractivity contribution < 1.29 is 9.53 Å². The number of carbonyl (C=O) groups is 1. The van der Waals surface area contributed by atoms with Gasteiger partial charge in [0.1, 0.15) is 5.75 Å². The lowest BCUT2D eigenvalue weighted by molar-refractivity contribution is -0.132. The number of ether oxygens (including phenoxy) is 1. The van der Waals surface area contributed by atoms with Crippen LogP contribution in [0.2, 0.25) is 0 Å². The van der Waals surface area contributed by atoms with E-state index in [2.05, 4.69) is 23.1 Å². The quantitative estimate of drug-likeness (QED) is 0.731. The fraction of sp³-hybridized carbons (Fsp3) is 0.409. The first-order chi connectivity index (χ1) is 12.7. The maximum Gasteiger partial charge on any atom is 0.260 e. The molecule has 1 amide bonds. The summed E-state index contributed by atoms with van der Waals surface area (Å²) in [4.78, 5) is 16.6. The van der Waals surface area contributed by atoms with E-state index in [-0.39, 0.29) is 12.5 Å². The van der Waals surface area contributed by atoms with E-state index in [0.29, 0.717) is 0 Å². The third-order valence-corrected chi connectivity index (χ3v) is 4.94. The Balaban J connectivity index is 1.51. The minimum atomic E-state index is 0.0266. The zero-order valence-electron chi connectivity index (χ0n) is 15.6. The summed E-state index contributed by atoms with van der Waals surface area (Å²) in [5.41, 5.74) is 2.34. The van der Waals surface area contributed by atoms with E-state index >= 15 is 0 Å². The molecule has 4 heteroatoms. The molecule has 2 aromatic carbocycles. The van der Waals surface area contributed by atoms with Crippen molar-refractivity contribution >= 4 is 5.91 Å². The number of rotatable bonds is 8. The van der Waals surface area contributed by atoms with Gasteiger partial charge in [0.25, 0.3) is 5.91 Å². The molecule has 138 valence electrons. The molecule has 26 heavy (non-hydrogen) atoms. The Hall–Kier alpha value is -2.33. The SMILES string of the molecule is CN(CCN1CCCC1)C(=O)COc1ccccc1Cc1ccccc1. The minimum Gasteiger partial charge on any atom is -0.483 e. The highest BCUT2D eigenvalue weighted by molar-refractivity contribution is 5.77. The Morgan fingerprint density at radius 2 is 1.73 bits per heavy atom. The number of nitrogens with zero attached hydrogens (tertiary/aromatic N) is 2. The summed E-state index contributed by atoms with van der Waals surface area (Å²) in [6.07, 6.45) is 3.36. The molecule has 1 fully saturated rings. The molecule has 2 aromatic rings. The zero-order chi connectivity index (χ0) is 18.2. The van der Waals surface area contributed by atoms with E-state index in [0.717, 1.165) is 43.9 Å². The van der Waals surface area contributed by atoms with Crippen LogP contribution in [0, 0.1) is 0 Å². The van der Waals surface area contributed by atoms with Gasteiger partial charge >= 0.3 is 0 Å². The van der Waals surface area contributed by atoms with E-state index < -0.39 is 0 Å². The summed E-state index contributed by atoms with van der Waals surface area (Å²) in [5, 5.41) is 0. The average molecular weight is 352 g/mol. The lowest BCUT2D eigenvalue weighted by atomic mass is 10.0. The Labute approximate surface area is 156 Å². The number of likely N-dealkylation sites (N-methyl/N-ethyl adjacent to an activating group) is 1. The largest absolute Gasteiger partial charge is 0.483 e. The molecule has 4 nitrogen and oxygen atoms in total. The maximum atomic E-state index is 12.4. The summed E-state index contributed by atoms with van der Waals surface area (Å²) < 4.78 is 5.86. The molecule has 1 aliphatic rings. The van der Waals surface area contributed by atoms with Crippen molar-refractivity contribution in [3.05, 3.63) is 65.7 Å². The summed E-state index contributed by atoms with van der Waals surface area (Å²) in [6.45, 7) is 4.11. The predicted molar refractivity (Wildman–Crippen MR) is 104 cm³/mol. The van der Waals surface area contributed by atoms with Gasteiger partial charge in [-0.3, -0.25) is 4.79 Å². The van der Waals surface area contributed by atoms with Crippen LogP contribution in [-0.2, 0) is 11.2 Å². The van der Waals surface area contributed by atoms with Gasteiger partial charge in [0.05, 0.1) is 0 Å². The molecule has 0 N–H and O–H groups in total. The molecule has 0 spiro atoms. The second kappa shape index (κ2) is 9.39. The number of hydrogen-bond donors (Lipinski definition) is 0. The maximum absolute atomic E-state index is 12.4. The second-order valence-corrected chi connectivity index (χ2v) is 6.92. The van der Waals surface area contributed by atoms with Crippen molar-refractivity contribution in [1.82, 2.24) is 9.80 Å². The lowest BCUT2D eigenvalue weighted by Gasteiger charge is -2.22. The zero-order valence-corrected chi connectivity index (χ0v) is 15.6. The van der Waals surface area contributed by atoms with Crippen molar-refractivity contribution in [3.63, 3.8) is 0 Å². The van der Waals surface area contributed by atoms with Gasteiger partial charge in [-0.05, 0) is 43.1 Å². The number of para-hydroxylation sites is 1. The van der Waals surface area contributed by atoms with Crippen LogP contribution in [0.25, 0.3) is 0 Å². The van der Waals surface area contributed by atoms with Gasteiger partial charge in [0.15, 0.2) is 6.61 Å². The normalized spacial score (nSPS) is 14.3. The standard InChI is InChI=1S/C22H28N2O2/c1-23(15-16-24-13-7-8-14-24)22(25)18-26-21-12-6-5-11-20(21)17-19-9-3-2-4-10-19/h2-6,9-12H,7-8,13-18H2,1H3. The van der Waals surface area contributed by atoms with Gasteiger partial charge in [-0.1, -0.05) is 48.5 Å². The van der Waals surface area contributed by atoms with E-state index in [4.69, 9.17) is 4.74 Å². The number of likely N-dealkylation sites (tertiary alicyclic amines) is 1. The molecular weight excluding hydrogens is 324 g/mol. The van der Waals surface area contributed by atoms with Crippen LogP contribution >= 0.6 is 0 Å². The molecule has 0 radical (unpaired) electrons. The van der Waals surface area contributed by atoms with Crippen LogP contribution in [0.3, 0.4) is 0 Å². The summed E-state index contributed by atoms with van der Waals surface area (Å²) >= 11 is 0. The molecule has 1 aliphatic heterocycles. The summed E-state index contributed by atoms with van der Waals surface area (Å²) in [7, 11) is 1.86. The smallest absolute Gasteiger partial charge is 0.260 e. The molecule has 0 unspecified atom stereocenters. The summed E-state index contributed by atoms with van der Waals surface area (Å²) in [6, 6.07) is 18.3. The van der Waals surface area contributed by atoms with Crippen molar-refractivity contribution in [2.75, 3.05) is 39.8 Å². The molecule has 0 atom stereocenters. The number of amides is 1. The van der Waals surface area contributed by atoms with Crippen LogP contribution in [0.1, 0.15) is 24.0 Å². The molecule has 0 bridgehead atoms. The van der Waals surface area contributed by atoms with Gasteiger partial charge in [0.2, 0.25) is 0 Å². The van der Waals surface area contributed by atoms with Gasteiger partial charge in [0, 0.05) is 26.6 Å². The Bertz CT molecular complexity index is 696. The fourth-order valence-corrected chi connectivity index (χ4v) is 3.28. The van der Waals surface area contributed by atoms with Gasteiger partial charge < -0.3 is 14.5 Å². The topological polar surface area (TPSA) is 32.8 Å². The Kier molecular flexibility index (Phi) is 6.67. The van der Waals surface area contributed by atoms with Crippen molar-refractivity contribution in [2.24, 2.45) is 0 Å². The molecular formula is C22H28N2O2.